The summed E-state index contributed by atoms with van der Waals surface area (Å²) in [4.78, 5) is 14.8. The number of rotatable bonds is 4. The number of piperidine rings is 1. The zero-order chi connectivity index (χ0) is 16.1. The fourth-order valence-corrected chi connectivity index (χ4v) is 4.32. The molecule has 0 aromatic heterocycles. The van der Waals surface area contributed by atoms with Gasteiger partial charge in [-0.2, -0.15) is 11.8 Å². The molecule has 142 valence electrons. The van der Waals surface area contributed by atoms with E-state index in [1.165, 1.54) is 19.3 Å². The van der Waals surface area contributed by atoms with E-state index in [1.807, 2.05) is 30.0 Å². The predicted octanol–water partition coefficient (Wildman–Crippen LogP) is 4.21. The van der Waals surface area contributed by atoms with Gasteiger partial charge >= 0.3 is 0 Å². The van der Waals surface area contributed by atoms with Gasteiger partial charge < -0.3 is 15.5 Å². The average Bonchev–Trinajstić information content (AvgIpc) is 2.56. The summed E-state index contributed by atoms with van der Waals surface area (Å²) in [6.07, 6.45) is 4.22. The Morgan fingerprint density at radius 1 is 1.28 bits per heavy atom. The molecule has 8 heteroatoms. The van der Waals surface area contributed by atoms with Crippen molar-refractivity contribution >= 4 is 65.5 Å². The molecule has 0 saturated carbocycles. The fraction of sp³-hybridized carbons (Fsp3) is 0.588. The molecular formula is C17H26Cl3N3OS. The number of hydrogen-bond acceptors (Lipinski definition) is 4. The maximum Gasteiger partial charge on any atom is 0.226 e. The van der Waals surface area contributed by atoms with Gasteiger partial charge in [0.1, 0.15) is 0 Å². The van der Waals surface area contributed by atoms with Crippen LogP contribution in [0.25, 0.3) is 0 Å². The number of hydrogen-bond donors (Lipinski definition) is 2. The minimum Gasteiger partial charge on any atom is -0.370 e. The van der Waals surface area contributed by atoms with Crippen molar-refractivity contribution in [2.45, 2.75) is 31.7 Å². The van der Waals surface area contributed by atoms with Crippen molar-refractivity contribution in [2.75, 3.05) is 41.4 Å². The summed E-state index contributed by atoms with van der Waals surface area (Å²) in [6, 6.07) is 6.07. The molecule has 1 aromatic rings. The minimum atomic E-state index is 0. The molecule has 0 radical (unpaired) electrons. The lowest BCUT2D eigenvalue weighted by atomic mass is 10.1. The van der Waals surface area contributed by atoms with Crippen LogP contribution in [0.4, 0.5) is 11.4 Å². The van der Waals surface area contributed by atoms with Crippen LogP contribution in [-0.2, 0) is 4.79 Å². The second-order valence-corrected chi connectivity index (χ2v) is 7.77. The molecule has 4 nitrogen and oxygen atoms in total. The first-order valence-corrected chi connectivity index (χ1v) is 9.91. The third kappa shape index (κ3) is 6.72. The van der Waals surface area contributed by atoms with Gasteiger partial charge in [0.2, 0.25) is 5.91 Å². The van der Waals surface area contributed by atoms with E-state index in [-0.39, 0.29) is 36.8 Å². The van der Waals surface area contributed by atoms with Crippen LogP contribution in [0.15, 0.2) is 18.2 Å². The topological polar surface area (TPSA) is 44.4 Å². The first-order chi connectivity index (χ1) is 11.2. The number of halogens is 3. The lowest BCUT2D eigenvalue weighted by Gasteiger charge is -2.31. The van der Waals surface area contributed by atoms with Crippen molar-refractivity contribution < 1.29 is 4.79 Å². The molecule has 1 aromatic carbocycles. The third-order valence-corrected chi connectivity index (χ3v) is 5.73. The molecule has 2 heterocycles. The van der Waals surface area contributed by atoms with E-state index in [9.17, 15) is 4.79 Å². The van der Waals surface area contributed by atoms with Gasteiger partial charge in [0.05, 0.1) is 11.4 Å². The van der Waals surface area contributed by atoms with Gasteiger partial charge in [0, 0.05) is 48.6 Å². The van der Waals surface area contributed by atoms with Crippen molar-refractivity contribution in [3.05, 3.63) is 23.2 Å². The van der Waals surface area contributed by atoms with Crippen LogP contribution in [0.3, 0.4) is 0 Å². The minimum absolute atomic E-state index is 0. The number of anilines is 2. The van der Waals surface area contributed by atoms with Gasteiger partial charge in [0.25, 0.3) is 0 Å². The summed E-state index contributed by atoms with van der Waals surface area (Å²) in [7, 11) is 0. The largest absolute Gasteiger partial charge is 0.370 e. The van der Waals surface area contributed by atoms with Crippen LogP contribution in [0.2, 0.25) is 5.02 Å². The molecular weight excluding hydrogens is 401 g/mol. The van der Waals surface area contributed by atoms with Gasteiger partial charge in [-0.25, -0.2) is 0 Å². The van der Waals surface area contributed by atoms with Crippen molar-refractivity contribution in [2.24, 2.45) is 0 Å². The van der Waals surface area contributed by atoms with Crippen molar-refractivity contribution in [3.63, 3.8) is 0 Å². The van der Waals surface area contributed by atoms with E-state index in [0.717, 1.165) is 42.5 Å². The highest BCUT2D eigenvalue weighted by Crippen LogP contribution is 2.31. The highest BCUT2D eigenvalue weighted by atomic mass is 35.5. The van der Waals surface area contributed by atoms with E-state index < -0.39 is 0 Å². The van der Waals surface area contributed by atoms with E-state index in [4.69, 9.17) is 11.6 Å². The van der Waals surface area contributed by atoms with Crippen LogP contribution in [0, 0.1) is 0 Å². The van der Waals surface area contributed by atoms with Crippen LogP contribution >= 0.6 is 48.2 Å². The Morgan fingerprint density at radius 3 is 2.72 bits per heavy atom. The van der Waals surface area contributed by atoms with Gasteiger partial charge in [-0.1, -0.05) is 11.6 Å². The number of thioether (sulfide) groups is 1. The second-order valence-electron chi connectivity index (χ2n) is 6.19. The molecule has 1 unspecified atom stereocenters. The standard InChI is InChI=1S/C17H24ClN3OS.2ClH/c18-13-4-5-16(21-7-2-1-3-8-21)15(10-13)20-17(22)11-14-12-23-9-6-19-14;;/h4-5,10,14,19H,1-3,6-9,11-12H2,(H,20,22);2*1H. The van der Waals surface area contributed by atoms with Gasteiger partial charge in [-0.05, 0) is 37.5 Å². The van der Waals surface area contributed by atoms with Crippen LogP contribution in [-0.4, -0.2) is 43.1 Å². The Kier molecular flexibility index (Phi) is 10.4. The molecule has 0 aliphatic carbocycles. The first kappa shape index (κ1) is 22.7. The lowest BCUT2D eigenvalue weighted by Crippen LogP contribution is -2.40. The number of nitrogens with one attached hydrogen (secondary N) is 2. The Hall–Kier alpha value is -0.330. The molecule has 2 aliphatic heterocycles. The Bertz CT molecular complexity index is 550. The molecule has 2 fully saturated rings. The van der Waals surface area contributed by atoms with Crippen molar-refractivity contribution in [3.8, 4) is 0 Å². The van der Waals surface area contributed by atoms with E-state index in [1.54, 1.807) is 0 Å². The van der Waals surface area contributed by atoms with E-state index in [0.29, 0.717) is 11.4 Å². The van der Waals surface area contributed by atoms with E-state index >= 15 is 0 Å². The number of benzene rings is 1. The van der Waals surface area contributed by atoms with Crippen molar-refractivity contribution in [1.29, 1.82) is 0 Å². The number of carbonyl (C=O) groups excluding carboxylic acids is 1. The van der Waals surface area contributed by atoms with Gasteiger partial charge in [0.15, 0.2) is 0 Å². The molecule has 1 amide bonds. The molecule has 3 rings (SSSR count). The second kappa shape index (κ2) is 11.4. The highest BCUT2D eigenvalue weighted by molar-refractivity contribution is 7.99. The van der Waals surface area contributed by atoms with Crippen LogP contribution in [0.5, 0.6) is 0 Å². The summed E-state index contributed by atoms with van der Waals surface area (Å²) in [5.41, 5.74) is 1.93. The Labute approximate surface area is 171 Å². The summed E-state index contributed by atoms with van der Waals surface area (Å²) < 4.78 is 0. The highest BCUT2D eigenvalue weighted by Gasteiger charge is 2.19. The van der Waals surface area contributed by atoms with Crippen LogP contribution in [0.1, 0.15) is 25.7 Å². The third-order valence-electron chi connectivity index (χ3n) is 4.36. The lowest BCUT2D eigenvalue weighted by molar-refractivity contribution is -0.116. The molecule has 25 heavy (non-hydrogen) atoms. The average molecular weight is 427 g/mol. The summed E-state index contributed by atoms with van der Waals surface area (Å²) in [6.45, 7) is 3.08. The summed E-state index contributed by atoms with van der Waals surface area (Å²) in [5.74, 6) is 2.19. The maximum atomic E-state index is 12.4. The predicted molar refractivity (Wildman–Crippen MR) is 114 cm³/mol. The molecule has 2 aliphatic rings. The normalized spacial score (nSPS) is 20.2. The Balaban J connectivity index is 0.00000156. The van der Waals surface area contributed by atoms with Gasteiger partial charge in [-0.15, -0.1) is 24.8 Å². The van der Waals surface area contributed by atoms with Crippen LogP contribution < -0.4 is 15.5 Å². The molecule has 2 N–H and O–H groups in total. The number of carbonyl (C=O) groups is 1. The maximum absolute atomic E-state index is 12.4. The molecule has 1 atom stereocenters. The first-order valence-electron chi connectivity index (χ1n) is 8.38. The molecule has 0 spiro atoms. The summed E-state index contributed by atoms with van der Waals surface area (Å²) in [5, 5.41) is 7.15. The number of amides is 1. The zero-order valence-electron chi connectivity index (χ0n) is 14.1. The zero-order valence-corrected chi connectivity index (χ0v) is 17.3. The monoisotopic (exact) mass is 425 g/mol. The van der Waals surface area contributed by atoms with Crippen molar-refractivity contribution in [1.82, 2.24) is 5.32 Å². The SMILES string of the molecule is Cl.Cl.O=C(CC1CSCCN1)Nc1cc(Cl)ccc1N1CCCCC1. The Morgan fingerprint density at radius 2 is 2.04 bits per heavy atom. The quantitative estimate of drug-likeness (QED) is 0.757. The summed E-state index contributed by atoms with van der Waals surface area (Å²) >= 11 is 8.05. The van der Waals surface area contributed by atoms with Gasteiger partial charge in [-0.3, -0.25) is 4.79 Å². The molecule has 2 saturated heterocycles. The fourth-order valence-electron chi connectivity index (χ4n) is 3.19. The number of nitrogens with zero attached hydrogens (tertiary/aromatic N) is 1. The smallest absolute Gasteiger partial charge is 0.226 e. The molecule has 0 bridgehead atoms. The van der Waals surface area contributed by atoms with E-state index in [2.05, 4.69) is 15.5 Å².